The summed E-state index contributed by atoms with van der Waals surface area (Å²) in [5, 5.41) is 1.81. The van der Waals surface area contributed by atoms with Crippen LogP contribution in [-0.4, -0.2) is 16.3 Å². The van der Waals surface area contributed by atoms with Crippen LogP contribution in [0, 0.1) is 13.8 Å². The summed E-state index contributed by atoms with van der Waals surface area (Å²) in [6.45, 7) is 5.59. The number of carbonyl (C=O) groups is 2. The van der Waals surface area contributed by atoms with E-state index in [4.69, 9.17) is 0 Å². The molecule has 20 heavy (non-hydrogen) atoms. The van der Waals surface area contributed by atoms with Crippen molar-refractivity contribution in [3.63, 3.8) is 0 Å². The quantitative estimate of drug-likeness (QED) is 0.815. The zero-order valence-electron chi connectivity index (χ0n) is 11.7. The van der Waals surface area contributed by atoms with Gasteiger partial charge in [-0.1, -0.05) is 12.1 Å². The maximum atomic E-state index is 12.3. The number of aryl methyl sites for hydroxylation is 2. The van der Waals surface area contributed by atoms with E-state index in [1.54, 1.807) is 10.8 Å². The molecule has 0 aliphatic rings. The molecule has 0 N–H and O–H groups in total. The summed E-state index contributed by atoms with van der Waals surface area (Å²) in [6.07, 6.45) is 1.77. The molecular formula is C15H16N2O2S. The Morgan fingerprint density at radius 3 is 2.65 bits per heavy atom. The van der Waals surface area contributed by atoms with Crippen molar-refractivity contribution in [3.8, 4) is 0 Å². The lowest BCUT2D eigenvalue weighted by atomic mass is 10.0. The average molecular weight is 288 g/mol. The number of hydrogen-bond acceptors (Lipinski definition) is 3. The lowest BCUT2D eigenvalue weighted by Crippen LogP contribution is -2.20. The molecule has 5 heteroatoms. The van der Waals surface area contributed by atoms with Crippen molar-refractivity contribution < 1.29 is 9.59 Å². The maximum absolute atomic E-state index is 12.3. The number of nitrogens with zero attached hydrogens (tertiary/aromatic N) is 2. The van der Waals surface area contributed by atoms with Crippen LogP contribution in [-0.2, 0) is 11.3 Å². The van der Waals surface area contributed by atoms with Crippen molar-refractivity contribution in [1.29, 1.82) is 0 Å². The lowest BCUT2D eigenvalue weighted by molar-refractivity contribution is -0.116. The second-order valence-electron chi connectivity index (χ2n) is 4.67. The topological polar surface area (TPSA) is 51.4 Å². The second kappa shape index (κ2) is 5.96. The SMILES string of the molecule is CC(=O)N=c1sccn1CC(=O)c1ccc(C)c(C)c1. The zero-order chi connectivity index (χ0) is 14.7. The van der Waals surface area contributed by atoms with Crippen molar-refractivity contribution in [2.75, 3.05) is 0 Å². The second-order valence-corrected chi connectivity index (χ2v) is 5.54. The summed E-state index contributed by atoms with van der Waals surface area (Å²) in [5.74, 6) is -0.253. The van der Waals surface area contributed by atoms with Gasteiger partial charge in [0, 0.05) is 24.1 Å². The molecule has 4 nitrogen and oxygen atoms in total. The van der Waals surface area contributed by atoms with Gasteiger partial charge >= 0.3 is 0 Å². The first kappa shape index (κ1) is 14.4. The number of hydrogen-bond donors (Lipinski definition) is 0. The third-order valence-corrected chi connectivity index (χ3v) is 3.85. The van der Waals surface area contributed by atoms with Gasteiger partial charge in [0.15, 0.2) is 10.6 Å². The molecule has 0 aliphatic heterocycles. The van der Waals surface area contributed by atoms with Crippen LogP contribution in [0.5, 0.6) is 0 Å². The molecular weight excluding hydrogens is 272 g/mol. The van der Waals surface area contributed by atoms with Crippen molar-refractivity contribution in [2.45, 2.75) is 27.3 Å². The smallest absolute Gasteiger partial charge is 0.245 e. The molecule has 1 heterocycles. The molecule has 0 fully saturated rings. The monoisotopic (exact) mass is 288 g/mol. The van der Waals surface area contributed by atoms with Crippen LogP contribution in [0.2, 0.25) is 0 Å². The van der Waals surface area contributed by atoms with Gasteiger partial charge in [-0.3, -0.25) is 9.59 Å². The highest BCUT2D eigenvalue weighted by Crippen LogP contribution is 2.11. The summed E-state index contributed by atoms with van der Waals surface area (Å²) in [7, 11) is 0. The molecule has 0 aliphatic carbocycles. The van der Waals surface area contributed by atoms with Crippen molar-refractivity contribution in [2.24, 2.45) is 4.99 Å². The molecule has 1 amide bonds. The van der Waals surface area contributed by atoms with Crippen LogP contribution in [0.25, 0.3) is 0 Å². The normalized spacial score (nSPS) is 11.7. The maximum Gasteiger partial charge on any atom is 0.245 e. The first-order valence-electron chi connectivity index (χ1n) is 6.27. The summed E-state index contributed by atoms with van der Waals surface area (Å²) in [5.41, 5.74) is 2.94. The Labute approximate surface area is 121 Å². The highest BCUT2D eigenvalue weighted by atomic mass is 32.1. The third kappa shape index (κ3) is 3.30. The van der Waals surface area contributed by atoms with Crippen LogP contribution < -0.4 is 4.80 Å². The molecule has 104 valence electrons. The fourth-order valence-corrected chi connectivity index (χ4v) is 2.57. The average Bonchev–Trinajstić information content (AvgIpc) is 2.79. The van der Waals surface area contributed by atoms with E-state index < -0.39 is 0 Å². The highest BCUT2D eigenvalue weighted by molar-refractivity contribution is 7.07. The van der Waals surface area contributed by atoms with E-state index in [0.29, 0.717) is 10.4 Å². The molecule has 0 atom stereocenters. The number of aromatic nitrogens is 1. The van der Waals surface area contributed by atoms with E-state index in [9.17, 15) is 9.59 Å². The first-order chi connectivity index (χ1) is 9.47. The predicted octanol–water partition coefficient (Wildman–Crippen LogP) is 2.50. The van der Waals surface area contributed by atoms with Crippen molar-refractivity contribution >= 4 is 23.0 Å². The Balaban J connectivity index is 2.26. The largest absolute Gasteiger partial charge is 0.316 e. The standard InChI is InChI=1S/C15H16N2O2S/c1-10-4-5-13(8-11(10)2)14(19)9-17-6-7-20-15(17)16-12(3)18/h4-8H,9H2,1-3H3. The van der Waals surface area contributed by atoms with E-state index >= 15 is 0 Å². The fourth-order valence-electron chi connectivity index (χ4n) is 1.80. The zero-order valence-corrected chi connectivity index (χ0v) is 12.5. The summed E-state index contributed by atoms with van der Waals surface area (Å²) >= 11 is 1.34. The van der Waals surface area contributed by atoms with Crippen LogP contribution in [0.4, 0.5) is 0 Å². The Morgan fingerprint density at radius 1 is 1.25 bits per heavy atom. The van der Waals surface area contributed by atoms with Crippen molar-refractivity contribution in [1.82, 2.24) is 4.57 Å². The van der Waals surface area contributed by atoms with Gasteiger partial charge in [0.05, 0.1) is 6.54 Å². The van der Waals surface area contributed by atoms with E-state index in [2.05, 4.69) is 4.99 Å². The van der Waals surface area contributed by atoms with Gasteiger partial charge in [0.2, 0.25) is 5.91 Å². The third-order valence-electron chi connectivity index (χ3n) is 3.06. The summed E-state index contributed by atoms with van der Waals surface area (Å²) in [6, 6.07) is 5.67. The molecule has 0 unspecified atom stereocenters. The van der Waals surface area contributed by atoms with Gasteiger partial charge in [0.1, 0.15) is 0 Å². The number of benzene rings is 1. The van der Waals surface area contributed by atoms with E-state index in [-0.39, 0.29) is 18.2 Å². The Bertz CT molecular complexity index is 725. The molecule has 0 bridgehead atoms. The van der Waals surface area contributed by atoms with Crippen LogP contribution in [0.3, 0.4) is 0 Å². The van der Waals surface area contributed by atoms with Gasteiger partial charge in [-0.15, -0.1) is 11.3 Å². The van der Waals surface area contributed by atoms with Gasteiger partial charge in [0.25, 0.3) is 0 Å². The van der Waals surface area contributed by atoms with Crippen molar-refractivity contribution in [3.05, 3.63) is 51.3 Å². The molecule has 2 aromatic rings. The number of carbonyl (C=O) groups excluding carboxylic acids is 2. The first-order valence-corrected chi connectivity index (χ1v) is 7.15. The van der Waals surface area contributed by atoms with Gasteiger partial charge in [-0.25, -0.2) is 0 Å². The summed E-state index contributed by atoms with van der Waals surface area (Å²) < 4.78 is 1.70. The van der Waals surface area contributed by atoms with E-state index in [0.717, 1.165) is 11.1 Å². The van der Waals surface area contributed by atoms with Gasteiger partial charge in [-0.2, -0.15) is 4.99 Å². The molecule has 0 saturated heterocycles. The minimum atomic E-state index is -0.264. The predicted molar refractivity (Wildman–Crippen MR) is 78.8 cm³/mol. The van der Waals surface area contributed by atoms with Gasteiger partial charge < -0.3 is 4.57 Å². The number of rotatable bonds is 3. The van der Waals surface area contributed by atoms with E-state index in [1.807, 2.05) is 37.4 Å². The molecule has 2 rings (SSSR count). The lowest BCUT2D eigenvalue weighted by Gasteiger charge is -2.05. The summed E-state index contributed by atoms with van der Waals surface area (Å²) in [4.78, 5) is 27.8. The molecule has 0 saturated carbocycles. The molecule has 1 aromatic heterocycles. The number of ketones is 1. The molecule has 1 aromatic carbocycles. The number of Topliss-reactive ketones (excluding diaryl/α,β-unsaturated/α-hetero) is 1. The fraction of sp³-hybridized carbons (Fsp3) is 0.267. The minimum Gasteiger partial charge on any atom is -0.316 e. The van der Waals surface area contributed by atoms with Crippen LogP contribution in [0.15, 0.2) is 34.8 Å². The van der Waals surface area contributed by atoms with Crippen LogP contribution >= 0.6 is 11.3 Å². The molecule has 0 radical (unpaired) electrons. The van der Waals surface area contributed by atoms with Gasteiger partial charge in [-0.05, 0) is 31.0 Å². The molecule has 0 spiro atoms. The number of thiazole rings is 1. The Kier molecular flexibility index (Phi) is 4.29. The highest BCUT2D eigenvalue weighted by Gasteiger charge is 2.09. The van der Waals surface area contributed by atoms with E-state index in [1.165, 1.54) is 18.3 Å². The minimum absolute atomic E-state index is 0.0107. The Hall–Kier alpha value is -2.01. The number of amides is 1. The van der Waals surface area contributed by atoms with Crippen LogP contribution in [0.1, 0.15) is 28.4 Å². The Morgan fingerprint density at radius 2 is 2.00 bits per heavy atom.